The molecule has 0 aromatic rings. The van der Waals surface area contributed by atoms with E-state index in [9.17, 15) is 32.4 Å². The first-order chi connectivity index (χ1) is 21.0. The molecule has 1 heterocycles. The highest BCUT2D eigenvalue weighted by Crippen LogP contribution is 2.32. The van der Waals surface area contributed by atoms with Gasteiger partial charge in [0, 0.05) is 19.3 Å². The van der Waals surface area contributed by atoms with Crippen molar-refractivity contribution in [2.75, 3.05) is 25.1 Å². The first kappa shape index (κ1) is 36.5. The third kappa shape index (κ3) is 10.5. The standard InChI is InChI=1S/C32H53N5O7S/c1-6-7-18-33-28(40)25(38)23(20-22-13-11-14-22)34-27(39)24-15-12-19-37(24)29(41)26(31(2,3)4)35-30(42)36-32(21-45(5,43)44)16-9-8-10-17-32/h6,22-24,26H,1,7-21H2,2-5H3,(H,33,40)(H,34,39)(H2,35,36,42)/t23?,24-,26+/m0/s1. The minimum atomic E-state index is -3.38. The zero-order chi connectivity index (χ0) is 33.4. The van der Waals surface area contributed by atoms with Gasteiger partial charge in [0.2, 0.25) is 17.6 Å². The molecule has 45 heavy (non-hydrogen) atoms. The number of carbonyl (C=O) groups is 5. The molecule has 3 rings (SSSR count). The number of likely N-dealkylation sites (tertiary alicyclic amines) is 1. The summed E-state index contributed by atoms with van der Waals surface area (Å²) in [4.78, 5) is 68.1. The third-order valence-electron chi connectivity index (χ3n) is 9.24. The number of ketones is 1. The molecule has 3 aliphatic rings. The van der Waals surface area contributed by atoms with Gasteiger partial charge in [-0.2, -0.15) is 0 Å². The maximum absolute atomic E-state index is 14.0. The molecule has 1 aliphatic heterocycles. The van der Waals surface area contributed by atoms with Crippen LogP contribution in [0.3, 0.4) is 0 Å². The van der Waals surface area contributed by atoms with Crippen LogP contribution in [0.4, 0.5) is 4.79 Å². The number of carbonyl (C=O) groups excluding carboxylic acids is 5. The molecule has 0 aromatic heterocycles. The van der Waals surface area contributed by atoms with E-state index in [-0.39, 0.29) is 18.2 Å². The summed E-state index contributed by atoms with van der Waals surface area (Å²) in [6.07, 6.45) is 11.1. The largest absolute Gasteiger partial charge is 0.349 e. The molecule has 13 heteroatoms. The van der Waals surface area contributed by atoms with Crippen molar-refractivity contribution in [1.29, 1.82) is 0 Å². The molecule has 0 aromatic carbocycles. The fourth-order valence-corrected chi connectivity index (χ4v) is 8.02. The average Bonchev–Trinajstić information content (AvgIpc) is 3.41. The van der Waals surface area contributed by atoms with Crippen LogP contribution < -0.4 is 21.3 Å². The molecule has 3 fully saturated rings. The van der Waals surface area contributed by atoms with E-state index in [1.165, 1.54) is 4.90 Å². The molecule has 4 N–H and O–H groups in total. The second-order valence-corrected chi connectivity index (χ2v) is 16.4. The summed E-state index contributed by atoms with van der Waals surface area (Å²) in [6, 6.07) is -3.48. The minimum Gasteiger partial charge on any atom is -0.349 e. The van der Waals surface area contributed by atoms with Crippen LogP contribution in [0.1, 0.15) is 97.8 Å². The Balaban J connectivity index is 1.73. The van der Waals surface area contributed by atoms with Gasteiger partial charge in [-0.05, 0) is 49.9 Å². The summed E-state index contributed by atoms with van der Waals surface area (Å²) in [5.74, 6) is -2.32. The number of amides is 5. The van der Waals surface area contributed by atoms with Gasteiger partial charge in [-0.1, -0.05) is 65.4 Å². The fourth-order valence-electron chi connectivity index (χ4n) is 6.66. The first-order valence-electron chi connectivity index (χ1n) is 16.4. The van der Waals surface area contributed by atoms with E-state index < -0.39 is 68.5 Å². The van der Waals surface area contributed by atoms with E-state index in [1.54, 1.807) is 6.08 Å². The number of Topliss-reactive ketones (excluding diaryl/α,β-unsaturated/α-hetero) is 1. The van der Waals surface area contributed by atoms with Gasteiger partial charge in [-0.25, -0.2) is 13.2 Å². The molecular weight excluding hydrogens is 598 g/mol. The van der Waals surface area contributed by atoms with Gasteiger partial charge in [0.15, 0.2) is 0 Å². The molecular formula is C32H53N5O7S. The summed E-state index contributed by atoms with van der Waals surface area (Å²) in [6.45, 7) is 9.62. The van der Waals surface area contributed by atoms with Crippen LogP contribution >= 0.6 is 0 Å². The Morgan fingerprint density at radius 2 is 1.64 bits per heavy atom. The van der Waals surface area contributed by atoms with Crippen molar-refractivity contribution in [2.45, 2.75) is 121 Å². The van der Waals surface area contributed by atoms with Crippen LogP contribution in [0.2, 0.25) is 0 Å². The van der Waals surface area contributed by atoms with Crippen LogP contribution in [0.15, 0.2) is 12.7 Å². The van der Waals surface area contributed by atoms with Crippen molar-refractivity contribution in [1.82, 2.24) is 26.2 Å². The molecule has 1 saturated heterocycles. The van der Waals surface area contributed by atoms with Gasteiger partial charge in [-0.15, -0.1) is 6.58 Å². The molecule has 5 amide bonds. The van der Waals surface area contributed by atoms with E-state index in [0.717, 1.165) is 44.8 Å². The maximum atomic E-state index is 14.0. The van der Waals surface area contributed by atoms with Crippen LogP contribution in [0.25, 0.3) is 0 Å². The molecule has 0 bridgehead atoms. The highest BCUT2D eigenvalue weighted by Gasteiger charge is 2.44. The lowest BCUT2D eigenvalue weighted by molar-refractivity contribution is -0.144. The second kappa shape index (κ2) is 15.6. The van der Waals surface area contributed by atoms with E-state index in [0.29, 0.717) is 45.1 Å². The fraction of sp³-hybridized carbons (Fsp3) is 0.781. The Kier molecular flexibility index (Phi) is 12.6. The lowest BCUT2D eigenvalue weighted by Crippen LogP contribution is -2.63. The number of sulfone groups is 1. The molecule has 254 valence electrons. The maximum Gasteiger partial charge on any atom is 0.315 e. The van der Waals surface area contributed by atoms with Gasteiger partial charge in [0.1, 0.15) is 21.9 Å². The predicted molar refractivity (Wildman–Crippen MR) is 172 cm³/mol. The number of hydrogen-bond acceptors (Lipinski definition) is 7. The van der Waals surface area contributed by atoms with E-state index in [2.05, 4.69) is 27.8 Å². The Morgan fingerprint density at radius 1 is 0.978 bits per heavy atom. The Morgan fingerprint density at radius 3 is 2.20 bits per heavy atom. The van der Waals surface area contributed by atoms with Crippen molar-refractivity contribution < 1.29 is 32.4 Å². The molecule has 3 atom stereocenters. The Bertz CT molecular complexity index is 1220. The zero-order valence-electron chi connectivity index (χ0n) is 27.4. The van der Waals surface area contributed by atoms with Gasteiger partial charge >= 0.3 is 6.03 Å². The number of nitrogens with zero attached hydrogens (tertiary/aromatic N) is 1. The van der Waals surface area contributed by atoms with Crippen LogP contribution in [0.5, 0.6) is 0 Å². The minimum absolute atomic E-state index is 0.178. The van der Waals surface area contributed by atoms with Gasteiger partial charge in [0.05, 0.1) is 17.3 Å². The van der Waals surface area contributed by atoms with Crippen molar-refractivity contribution in [3.8, 4) is 0 Å². The Hall–Kier alpha value is -2.96. The van der Waals surface area contributed by atoms with E-state index in [1.807, 2.05) is 20.8 Å². The zero-order valence-corrected chi connectivity index (χ0v) is 28.2. The molecule has 2 aliphatic carbocycles. The van der Waals surface area contributed by atoms with Crippen LogP contribution in [-0.4, -0.2) is 91.6 Å². The quantitative estimate of drug-likeness (QED) is 0.127. The van der Waals surface area contributed by atoms with Gasteiger partial charge in [-0.3, -0.25) is 19.2 Å². The van der Waals surface area contributed by atoms with Crippen molar-refractivity contribution >= 4 is 39.4 Å². The highest BCUT2D eigenvalue weighted by atomic mass is 32.2. The molecule has 0 radical (unpaired) electrons. The molecule has 12 nitrogen and oxygen atoms in total. The van der Waals surface area contributed by atoms with Crippen LogP contribution in [0, 0.1) is 11.3 Å². The number of rotatable bonds is 14. The summed E-state index contributed by atoms with van der Waals surface area (Å²) in [5, 5.41) is 11.1. The number of nitrogens with one attached hydrogen (secondary N) is 4. The molecule has 2 saturated carbocycles. The highest BCUT2D eigenvalue weighted by molar-refractivity contribution is 7.90. The Labute approximate surface area is 268 Å². The van der Waals surface area contributed by atoms with Gasteiger partial charge < -0.3 is 26.2 Å². The van der Waals surface area contributed by atoms with Crippen molar-refractivity contribution in [2.24, 2.45) is 11.3 Å². The van der Waals surface area contributed by atoms with Gasteiger partial charge in [0.25, 0.3) is 5.91 Å². The van der Waals surface area contributed by atoms with E-state index >= 15 is 0 Å². The normalized spacial score (nSPS) is 21.5. The third-order valence-corrected chi connectivity index (χ3v) is 10.3. The second-order valence-electron chi connectivity index (χ2n) is 14.3. The smallest absolute Gasteiger partial charge is 0.315 e. The van der Waals surface area contributed by atoms with Crippen molar-refractivity contribution in [3.63, 3.8) is 0 Å². The topological polar surface area (TPSA) is 171 Å². The van der Waals surface area contributed by atoms with Crippen molar-refractivity contribution in [3.05, 3.63) is 12.7 Å². The SMILES string of the molecule is C=CCCNC(=O)C(=O)C(CC1CCC1)NC(=O)[C@@H]1CCCN1C(=O)[C@@H](NC(=O)NC1(CS(C)(=O)=O)CCCCC1)C(C)(C)C. The summed E-state index contributed by atoms with van der Waals surface area (Å²) in [5.41, 5.74) is -1.64. The summed E-state index contributed by atoms with van der Waals surface area (Å²) in [7, 11) is -3.38. The number of hydrogen-bond donors (Lipinski definition) is 4. The molecule has 1 unspecified atom stereocenters. The summed E-state index contributed by atoms with van der Waals surface area (Å²) >= 11 is 0. The lowest BCUT2D eigenvalue weighted by Gasteiger charge is -2.40. The van der Waals surface area contributed by atoms with E-state index in [4.69, 9.17) is 0 Å². The lowest BCUT2D eigenvalue weighted by atomic mass is 9.80. The predicted octanol–water partition coefficient (Wildman–Crippen LogP) is 2.38. The molecule has 0 spiro atoms. The first-order valence-corrected chi connectivity index (χ1v) is 18.4. The van der Waals surface area contributed by atoms with Crippen LogP contribution in [-0.2, 0) is 29.0 Å². The summed E-state index contributed by atoms with van der Waals surface area (Å²) < 4.78 is 24.5. The average molecular weight is 652 g/mol. The monoisotopic (exact) mass is 651 g/mol. The number of urea groups is 1.